The highest BCUT2D eigenvalue weighted by Crippen LogP contribution is 2.25. The Kier molecular flexibility index (Phi) is 2.83. The highest BCUT2D eigenvalue weighted by Gasteiger charge is 2.10. The van der Waals surface area contributed by atoms with Gasteiger partial charge in [-0.25, -0.2) is 0 Å². The summed E-state index contributed by atoms with van der Waals surface area (Å²) in [5.74, 6) is 0. The predicted octanol–water partition coefficient (Wildman–Crippen LogP) is 3.15. The average Bonchev–Trinajstić information content (AvgIpc) is 2.18. The van der Waals surface area contributed by atoms with Crippen molar-refractivity contribution in [3.05, 3.63) is 35.5 Å². The van der Waals surface area contributed by atoms with Gasteiger partial charge in [0.2, 0.25) is 0 Å². The van der Waals surface area contributed by atoms with E-state index >= 15 is 0 Å². The summed E-state index contributed by atoms with van der Waals surface area (Å²) >= 11 is 5.95. The van der Waals surface area contributed by atoms with Crippen molar-refractivity contribution in [2.24, 2.45) is 0 Å². The highest BCUT2D eigenvalue weighted by atomic mass is 35.7. The molecule has 0 aliphatic carbocycles. The topological polar surface area (TPSA) is 36.0 Å². The van der Waals surface area contributed by atoms with E-state index < -0.39 is 10.4 Å². The molecule has 0 amide bonds. The van der Waals surface area contributed by atoms with Crippen molar-refractivity contribution in [1.82, 2.24) is 4.98 Å². The van der Waals surface area contributed by atoms with Crippen molar-refractivity contribution in [3.8, 4) is 0 Å². The summed E-state index contributed by atoms with van der Waals surface area (Å²) in [4.78, 5) is 4.65. The minimum atomic E-state index is -1.51. The number of benzene rings is 1. The van der Waals surface area contributed by atoms with Gasteiger partial charge in [-0.05, 0) is 18.2 Å². The number of fused-ring (bicyclic) bond motifs is 1. The molecule has 0 saturated heterocycles. The summed E-state index contributed by atoms with van der Waals surface area (Å²) in [6.45, 7) is 0. The van der Waals surface area contributed by atoms with Crippen LogP contribution in [0.2, 0.25) is 5.02 Å². The third-order valence-corrected chi connectivity index (χ3v) is 3.33. The second-order valence-corrected chi connectivity index (χ2v) is 4.86. The molecule has 2 nitrogen and oxygen atoms in total. The first kappa shape index (κ1) is 10.1. The van der Waals surface area contributed by atoms with Crippen molar-refractivity contribution in [2.45, 2.75) is 4.90 Å². The smallest absolute Gasteiger partial charge is 0.181 e. The van der Waals surface area contributed by atoms with Gasteiger partial charge in [-0.1, -0.05) is 11.6 Å². The fraction of sp³-hybridized carbons (Fsp3) is 0. The number of pyridine rings is 1. The van der Waals surface area contributed by atoms with E-state index in [-0.39, 0.29) is 0 Å². The van der Waals surface area contributed by atoms with Gasteiger partial charge in [0.1, 0.15) is 10.4 Å². The third kappa shape index (κ3) is 1.81. The fourth-order valence-electron chi connectivity index (χ4n) is 1.19. The maximum Gasteiger partial charge on any atom is 0.181 e. The van der Waals surface area contributed by atoms with E-state index in [1.165, 1.54) is 0 Å². The van der Waals surface area contributed by atoms with E-state index in [2.05, 4.69) is 4.98 Å². The molecular weight excluding hydrogens is 241 g/mol. The molecule has 0 aliphatic rings. The molecule has 1 aromatic carbocycles. The van der Waals surface area contributed by atoms with Crippen molar-refractivity contribution >= 4 is 43.6 Å². The van der Waals surface area contributed by atoms with Crippen LogP contribution in [-0.2, 0) is 10.4 Å². The minimum Gasteiger partial charge on any atom is -0.594 e. The largest absolute Gasteiger partial charge is 0.594 e. The molecule has 0 aliphatic heterocycles. The summed E-state index contributed by atoms with van der Waals surface area (Å²) in [7, 11) is 3.96. The lowest BCUT2D eigenvalue weighted by molar-refractivity contribution is 0.608. The van der Waals surface area contributed by atoms with Crippen LogP contribution in [0.5, 0.6) is 0 Å². The first-order valence-corrected chi connectivity index (χ1v) is 6.16. The summed E-state index contributed by atoms with van der Waals surface area (Å²) in [6.07, 6.45) is 1.63. The summed E-state index contributed by atoms with van der Waals surface area (Å²) in [5, 5.41) is 1.35. The summed E-state index contributed by atoms with van der Waals surface area (Å²) in [6, 6.07) is 6.80. The van der Waals surface area contributed by atoms with Gasteiger partial charge in [-0.15, -0.1) is 0 Å². The van der Waals surface area contributed by atoms with Crippen LogP contribution in [0.1, 0.15) is 0 Å². The fourth-order valence-corrected chi connectivity index (χ4v) is 2.07. The molecule has 5 heteroatoms. The highest BCUT2D eigenvalue weighted by molar-refractivity contribution is 8.13. The molecular formula is C9H5Cl2NOS. The normalized spacial score (nSPS) is 13.1. The van der Waals surface area contributed by atoms with Crippen molar-refractivity contribution in [2.75, 3.05) is 0 Å². The molecule has 0 radical (unpaired) electrons. The third-order valence-electron chi connectivity index (χ3n) is 1.85. The predicted molar refractivity (Wildman–Crippen MR) is 59.0 cm³/mol. The average molecular weight is 246 g/mol. The van der Waals surface area contributed by atoms with Crippen LogP contribution in [0.4, 0.5) is 0 Å². The molecule has 0 N–H and O–H groups in total. The van der Waals surface area contributed by atoms with Gasteiger partial charge in [0.25, 0.3) is 0 Å². The molecule has 0 bridgehead atoms. The van der Waals surface area contributed by atoms with Gasteiger partial charge in [-0.2, -0.15) is 0 Å². The number of halogens is 2. The molecule has 72 valence electrons. The Morgan fingerprint density at radius 2 is 2.07 bits per heavy atom. The van der Waals surface area contributed by atoms with Gasteiger partial charge < -0.3 is 4.55 Å². The Hall–Kier alpha value is -0.480. The summed E-state index contributed by atoms with van der Waals surface area (Å²) in [5.41, 5.74) is 0.767. The van der Waals surface area contributed by atoms with E-state index in [1.54, 1.807) is 30.5 Å². The lowest BCUT2D eigenvalue weighted by Gasteiger charge is -2.02. The Balaban J connectivity index is 2.70. The van der Waals surface area contributed by atoms with Crippen LogP contribution in [0.3, 0.4) is 0 Å². The van der Waals surface area contributed by atoms with E-state index in [0.717, 1.165) is 10.9 Å². The number of aromatic nitrogens is 1. The van der Waals surface area contributed by atoms with Gasteiger partial charge in [0.15, 0.2) is 15.6 Å². The Labute approximate surface area is 93.5 Å². The van der Waals surface area contributed by atoms with Crippen molar-refractivity contribution in [3.63, 3.8) is 0 Å². The molecule has 0 spiro atoms. The number of rotatable bonds is 1. The lowest BCUT2D eigenvalue weighted by atomic mass is 10.2. The number of nitrogens with zero attached hydrogens (tertiary/aromatic N) is 1. The van der Waals surface area contributed by atoms with E-state index in [9.17, 15) is 4.55 Å². The van der Waals surface area contributed by atoms with Gasteiger partial charge >= 0.3 is 0 Å². The molecule has 1 atom stereocenters. The van der Waals surface area contributed by atoms with E-state index in [4.69, 9.17) is 22.3 Å². The molecule has 1 unspecified atom stereocenters. The monoisotopic (exact) mass is 245 g/mol. The molecule has 0 saturated carbocycles. The SMILES string of the molecule is [O-][S+](Cl)c1ccc2nccc(Cl)c2c1. The Morgan fingerprint density at radius 3 is 2.79 bits per heavy atom. The minimum absolute atomic E-state index is 0.536. The summed E-state index contributed by atoms with van der Waals surface area (Å²) < 4.78 is 11.0. The van der Waals surface area contributed by atoms with Gasteiger partial charge in [-0.3, -0.25) is 4.98 Å². The second kappa shape index (κ2) is 3.95. The number of hydrogen-bond acceptors (Lipinski definition) is 2. The van der Waals surface area contributed by atoms with Gasteiger partial charge in [0.05, 0.1) is 10.5 Å². The first-order valence-electron chi connectivity index (χ1n) is 3.81. The second-order valence-electron chi connectivity index (χ2n) is 2.70. The molecule has 2 aromatic rings. The van der Waals surface area contributed by atoms with Gasteiger partial charge in [0, 0.05) is 17.6 Å². The number of hydrogen-bond donors (Lipinski definition) is 0. The zero-order valence-electron chi connectivity index (χ0n) is 6.91. The Morgan fingerprint density at radius 1 is 1.29 bits per heavy atom. The van der Waals surface area contributed by atoms with Crippen LogP contribution in [0.15, 0.2) is 35.4 Å². The van der Waals surface area contributed by atoms with E-state index in [0.29, 0.717) is 9.92 Å². The van der Waals surface area contributed by atoms with Crippen LogP contribution in [0.25, 0.3) is 10.9 Å². The molecule has 2 rings (SSSR count). The molecule has 14 heavy (non-hydrogen) atoms. The Bertz CT molecular complexity index is 475. The van der Waals surface area contributed by atoms with Crippen LogP contribution < -0.4 is 0 Å². The first-order chi connectivity index (χ1) is 6.68. The van der Waals surface area contributed by atoms with E-state index in [1.807, 2.05) is 0 Å². The van der Waals surface area contributed by atoms with Crippen LogP contribution in [0, 0.1) is 0 Å². The quantitative estimate of drug-likeness (QED) is 0.724. The zero-order chi connectivity index (χ0) is 10.1. The molecule has 0 fully saturated rings. The maximum atomic E-state index is 11.0. The standard InChI is InChI=1S/C9H5Cl2NOS/c10-8-3-4-12-9-2-1-6(14(11)13)5-7(8)9/h1-5H. The molecule has 1 heterocycles. The maximum absolute atomic E-state index is 11.0. The van der Waals surface area contributed by atoms with Crippen LogP contribution in [-0.4, -0.2) is 9.54 Å². The zero-order valence-corrected chi connectivity index (χ0v) is 9.23. The van der Waals surface area contributed by atoms with Crippen LogP contribution >= 0.6 is 22.3 Å². The van der Waals surface area contributed by atoms with Crippen molar-refractivity contribution in [1.29, 1.82) is 0 Å². The van der Waals surface area contributed by atoms with Crippen molar-refractivity contribution < 1.29 is 4.55 Å². The molecule has 1 aromatic heterocycles. The lowest BCUT2D eigenvalue weighted by Crippen LogP contribution is -1.90.